The molecule has 2 heterocycles. The third-order valence-electron chi connectivity index (χ3n) is 2.50. The Morgan fingerprint density at radius 3 is 2.80 bits per heavy atom. The van der Waals surface area contributed by atoms with Crippen LogP contribution >= 0.6 is 11.3 Å². The molecule has 0 saturated carbocycles. The maximum absolute atomic E-state index is 12.4. The molecule has 1 unspecified atom stereocenters. The smallest absolute Gasteiger partial charge is 0.304 e. The van der Waals surface area contributed by atoms with E-state index < -0.39 is 11.2 Å². The molecular weight excluding hydrogens is 302 g/mol. The minimum absolute atomic E-state index is 0.222. The number of rotatable bonds is 6. The maximum Gasteiger partial charge on any atom is 0.304 e. The molecule has 7 nitrogen and oxygen atoms in total. The lowest BCUT2D eigenvalue weighted by Gasteiger charge is -2.10. The van der Waals surface area contributed by atoms with E-state index in [2.05, 4.69) is 9.97 Å². The third kappa shape index (κ3) is 2.95. The molecule has 0 radical (unpaired) electrons. The Kier molecular flexibility index (Phi) is 4.97. The summed E-state index contributed by atoms with van der Waals surface area (Å²) in [6.45, 7) is 2.91. The summed E-state index contributed by atoms with van der Waals surface area (Å²) >= 11 is -0.0933. The van der Waals surface area contributed by atoms with Gasteiger partial charge in [0.05, 0.1) is 19.8 Å². The van der Waals surface area contributed by atoms with Crippen molar-refractivity contribution < 1.29 is 14.0 Å². The predicted molar refractivity (Wildman–Crippen MR) is 77.1 cm³/mol. The van der Waals surface area contributed by atoms with Gasteiger partial charge in [-0.05, 0) is 18.3 Å². The molecule has 0 aliphatic carbocycles. The van der Waals surface area contributed by atoms with Crippen molar-refractivity contribution in [3.63, 3.8) is 0 Å². The van der Waals surface area contributed by atoms with Gasteiger partial charge in [0.1, 0.15) is 6.26 Å². The van der Waals surface area contributed by atoms with Crippen LogP contribution in [0, 0.1) is 0 Å². The Labute approximate surface area is 122 Å². The van der Waals surface area contributed by atoms with Crippen LogP contribution in [0.5, 0.6) is 6.01 Å². The van der Waals surface area contributed by atoms with Gasteiger partial charge in [0, 0.05) is 18.3 Å². The highest BCUT2D eigenvalue weighted by Crippen LogP contribution is 2.23. The molecule has 20 heavy (non-hydrogen) atoms. The molecule has 9 heteroatoms. The monoisotopic (exact) mass is 317 g/mol. The van der Waals surface area contributed by atoms with Gasteiger partial charge in [0.2, 0.25) is 0 Å². The molecule has 0 aromatic carbocycles. The van der Waals surface area contributed by atoms with Gasteiger partial charge in [-0.2, -0.15) is 9.97 Å². The molecule has 110 valence electrons. The number of ether oxygens (including phenoxy) is 2. The van der Waals surface area contributed by atoms with Crippen LogP contribution in [-0.2, 0) is 22.5 Å². The van der Waals surface area contributed by atoms with Crippen molar-refractivity contribution in [3.8, 4) is 6.01 Å². The van der Waals surface area contributed by atoms with Gasteiger partial charge in [-0.1, -0.05) is 0 Å². The van der Waals surface area contributed by atoms with E-state index >= 15 is 0 Å². The van der Waals surface area contributed by atoms with Crippen molar-refractivity contribution >= 4 is 32.9 Å². The van der Waals surface area contributed by atoms with Gasteiger partial charge >= 0.3 is 10.4 Å². The minimum atomic E-state index is -1.24. The minimum Gasteiger partial charge on any atom is -0.610 e. The first-order valence-electron chi connectivity index (χ1n) is 5.95. The average Bonchev–Trinajstić information content (AvgIpc) is 2.83. The van der Waals surface area contributed by atoms with Crippen molar-refractivity contribution in [2.24, 2.45) is 0 Å². The van der Waals surface area contributed by atoms with Crippen LogP contribution in [0.25, 0.3) is 10.3 Å². The molecule has 1 atom stereocenters. The lowest BCUT2D eigenvalue weighted by Crippen LogP contribution is -2.25. The highest BCUT2D eigenvalue weighted by Gasteiger charge is 2.20. The number of methoxy groups -OCH3 is 1. The first kappa shape index (κ1) is 15.2. The molecule has 2 rings (SSSR count). The number of hydrogen-bond donors (Lipinski definition) is 0. The Bertz CT molecular complexity index is 653. The molecule has 0 aliphatic rings. The van der Waals surface area contributed by atoms with E-state index in [4.69, 9.17) is 9.47 Å². The fourth-order valence-electron chi connectivity index (χ4n) is 1.61. The lowest BCUT2D eigenvalue weighted by molar-refractivity contribution is 0.178. The Morgan fingerprint density at radius 2 is 2.20 bits per heavy atom. The van der Waals surface area contributed by atoms with Crippen molar-refractivity contribution in [3.05, 3.63) is 10.4 Å². The van der Waals surface area contributed by atoms with E-state index in [1.54, 1.807) is 7.11 Å². The summed E-state index contributed by atoms with van der Waals surface area (Å²) in [6.07, 6.45) is 1.52. The average molecular weight is 317 g/mol. The Hall–Kier alpha value is -1.16. The van der Waals surface area contributed by atoms with E-state index in [-0.39, 0.29) is 17.1 Å². The van der Waals surface area contributed by atoms with E-state index in [0.717, 1.165) is 11.3 Å². The van der Waals surface area contributed by atoms with E-state index in [1.165, 1.54) is 10.8 Å². The SMILES string of the molecule is CCOc1nc2sc([S+](C)[O-])nc2c(=O)n1CCOC. The molecule has 0 aliphatic heterocycles. The van der Waals surface area contributed by atoms with Crippen LogP contribution in [0.3, 0.4) is 0 Å². The van der Waals surface area contributed by atoms with Crippen LogP contribution in [0.15, 0.2) is 9.13 Å². The van der Waals surface area contributed by atoms with Crippen molar-refractivity contribution in [2.45, 2.75) is 17.8 Å². The predicted octanol–water partition coefficient (Wildman–Crippen LogP) is 0.635. The van der Waals surface area contributed by atoms with E-state index in [0.29, 0.717) is 28.9 Å². The number of fused-ring (bicyclic) bond motifs is 1. The van der Waals surface area contributed by atoms with E-state index in [1.807, 2.05) is 6.92 Å². The van der Waals surface area contributed by atoms with Crippen LogP contribution < -0.4 is 10.3 Å². The molecule has 0 amide bonds. The molecule has 0 bridgehead atoms. The highest BCUT2D eigenvalue weighted by molar-refractivity contribution is 7.92. The van der Waals surface area contributed by atoms with Crippen LogP contribution in [-0.4, -0.2) is 45.7 Å². The Morgan fingerprint density at radius 1 is 1.45 bits per heavy atom. The second kappa shape index (κ2) is 6.53. The standard InChI is InChI=1S/C11H15N3O4S2/c1-4-18-10-13-8-7(12-11(19-8)20(3)16)9(15)14(10)5-6-17-2/h4-6H2,1-3H3. The zero-order valence-corrected chi connectivity index (χ0v) is 13.0. The molecule has 0 N–H and O–H groups in total. The zero-order chi connectivity index (χ0) is 14.7. The van der Waals surface area contributed by atoms with Crippen LogP contribution in [0.1, 0.15) is 6.92 Å². The van der Waals surface area contributed by atoms with Crippen molar-refractivity contribution in [1.82, 2.24) is 14.5 Å². The van der Waals surface area contributed by atoms with Gasteiger partial charge < -0.3 is 14.0 Å². The van der Waals surface area contributed by atoms with Crippen molar-refractivity contribution in [1.29, 1.82) is 0 Å². The normalized spacial score (nSPS) is 12.8. The number of nitrogens with zero attached hydrogens (tertiary/aromatic N) is 3. The maximum atomic E-state index is 12.4. The van der Waals surface area contributed by atoms with Gasteiger partial charge in [0.25, 0.3) is 5.56 Å². The van der Waals surface area contributed by atoms with Gasteiger partial charge in [0.15, 0.2) is 10.3 Å². The van der Waals surface area contributed by atoms with Crippen LogP contribution in [0.4, 0.5) is 0 Å². The summed E-state index contributed by atoms with van der Waals surface area (Å²) in [5.74, 6) is 0. The fourth-order valence-corrected chi connectivity index (χ4v) is 3.19. The summed E-state index contributed by atoms with van der Waals surface area (Å²) in [7, 11) is 1.55. The summed E-state index contributed by atoms with van der Waals surface area (Å²) in [6, 6.07) is 0.235. The molecule has 2 aromatic rings. The van der Waals surface area contributed by atoms with Gasteiger partial charge in [-0.15, -0.1) is 0 Å². The summed E-state index contributed by atoms with van der Waals surface area (Å²) in [5.41, 5.74) is -0.0804. The molecule has 0 saturated heterocycles. The molecule has 0 spiro atoms. The second-order valence-electron chi connectivity index (χ2n) is 3.86. The highest BCUT2D eigenvalue weighted by atomic mass is 32.2. The third-order valence-corrected chi connectivity index (χ3v) is 4.78. The van der Waals surface area contributed by atoms with Crippen molar-refractivity contribution in [2.75, 3.05) is 26.6 Å². The molecule has 0 fully saturated rings. The number of hydrogen-bond acceptors (Lipinski definition) is 7. The fraction of sp³-hybridized carbons (Fsp3) is 0.545. The van der Waals surface area contributed by atoms with E-state index in [9.17, 15) is 9.35 Å². The first-order chi connectivity index (χ1) is 9.58. The van der Waals surface area contributed by atoms with Gasteiger partial charge in [-0.3, -0.25) is 9.36 Å². The zero-order valence-electron chi connectivity index (χ0n) is 11.4. The summed E-state index contributed by atoms with van der Waals surface area (Å²) in [4.78, 5) is 21.2. The Balaban J connectivity index is 2.59. The number of thiazole rings is 1. The molecular formula is C11H15N3O4S2. The summed E-state index contributed by atoms with van der Waals surface area (Å²) in [5, 5.41) is 0. The topological polar surface area (TPSA) is 89.3 Å². The lowest BCUT2D eigenvalue weighted by atomic mass is 10.5. The first-order valence-corrected chi connectivity index (χ1v) is 8.32. The van der Waals surface area contributed by atoms with Crippen LogP contribution in [0.2, 0.25) is 0 Å². The van der Waals surface area contributed by atoms with Gasteiger partial charge in [-0.25, -0.2) is 0 Å². The quantitative estimate of drug-likeness (QED) is 0.726. The largest absolute Gasteiger partial charge is 0.610 e. The number of aromatic nitrogens is 3. The second-order valence-corrected chi connectivity index (χ2v) is 6.40. The summed E-state index contributed by atoms with van der Waals surface area (Å²) < 4.78 is 23.6. The molecule has 2 aromatic heterocycles.